The largest absolute Gasteiger partial charge is 0.490 e. The molecule has 0 aromatic heterocycles. The van der Waals surface area contributed by atoms with Gasteiger partial charge in [0.1, 0.15) is 0 Å². The number of nitrogens with zero attached hydrogens (tertiary/aromatic N) is 1. The lowest BCUT2D eigenvalue weighted by Crippen LogP contribution is -2.38. The number of rotatable bonds is 11. The molecule has 0 aliphatic rings. The van der Waals surface area contributed by atoms with Crippen molar-refractivity contribution in [1.29, 1.82) is 0 Å². The van der Waals surface area contributed by atoms with E-state index in [4.69, 9.17) is 9.47 Å². The number of anilines is 1. The number of nitrogens with one attached hydrogen (secondary N) is 3. The molecule has 3 amide bonds. The van der Waals surface area contributed by atoms with Crippen molar-refractivity contribution in [3.8, 4) is 11.5 Å². The molecule has 2 rings (SSSR count). The fourth-order valence-electron chi connectivity index (χ4n) is 2.60. The highest BCUT2D eigenvalue weighted by atomic mass is 79.9. The van der Waals surface area contributed by atoms with Gasteiger partial charge >= 0.3 is 11.8 Å². The number of para-hydroxylation sites is 1. The molecule has 0 heterocycles. The van der Waals surface area contributed by atoms with Gasteiger partial charge in [0.2, 0.25) is 0 Å². The second-order valence-electron chi connectivity index (χ2n) is 6.77. The summed E-state index contributed by atoms with van der Waals surface area (Å²) >= 11 is 3.41. The molecule has 2 aromatic carbocycles. The van der Waals surface area contributed by atoms with Crippen molar-refractivity contribution in [1.82, 2.24) is 10.7 Å². The Morgan fingerprint density at radius 3 is 2.52 bits per heavy atom. The lowest BCUT2D eigenvalue weighted by atomic mass is 10.2. The van der Waals surface area contributed by atoms with E-state index in [1.54, 1.807) is 24.3 Å². The van der Waals surface area contributed by atoms with Gasteiger partial charge in [0.25, 0.3) is 5.91 Å². The molecule has 2 aromatic rings. The van der Waals surface area contributed by atoms with Crippen molar-refractivity contribution in [3.05, 3.63) is 52.5 Å². The van der Waals surface area contributed by atoms with Crippen LogP contribution in [-0.4, -0.2) is 43.7 Å². The van der Waals surface area contributed by atoms with Gasteiger partial charge in [-0.3, -0.25) is 14.4 Å². The number of carbonyl (C=O) groups excluding carboxylic acids is 3. The lowest BCUT2D eigenvalue weighted by molar-refractivity contribution is -0.139. The van der Waals surface area contributed by atoms with Crippen LogP contribution in [0.25, 0.3) is 0 Å². The SMILES string of the molecule is CCCCNC(=O)C(=O)N/N=C\c1cc(Br)c(OCC(=O)Nc2ccccc2)c(OCC)c1. The zero-order valence-electron chi connectivity index (χ0n) is 18.5. The highest BCUT2D eigenvalue weighted by Gasteiger charge is 2.15. The predicted octanol–water partition coefficient (Wildman–Crippen LogP) is 3.23. The van der Waals surface area contributed by atoms with Crippen LogP contribution >= 0.6 is 15.9 Å². The summed E-state index contributed by atoms with van der Waals surface area (Å²) in [7, 11) is 0. The molecule has 0 fully saturated rings. The zero-order chi connectivity index (χ0) is 24.1. The summed E-state index contributed by atoms with van der Waals surface area (Å²) in [4.78, 5) is 35.6. The molecule has 10 heteroatoms. The number of benzene rings is 2. The first-order valence-corrected chi connectivity index (χ1v) is 11.3. The molecule has 0 radical (unpaired) electrons. The third-order valence-electron chi connectivity index (χ3n) is 4.14. The van der Waals surface area contributed by atoms with Gasteiger partial charge in [-0.25, -0.2) is 5.43 Å². The monoisotopic (exact) mass is 518 g/mol. The number of unbranched alkanes of at least 4 members (excludes halogenated alkanes) is 1. The second kappa shape index (κ2) is 13.9. The molecule has 0 saturated carbocycles. The van der Waals surface area contributed by atoms with Gasteiger partial charge in [-0.1, -0.05) is 31.5 Å². The fourth-order valence-corrected chi connectivity index (χ4v) is 3.17. The van der Waals surface area contributed by atoms with Crippen molar-refractivity contribution in [2.45, 2.75) is 26.7 Å². The summed E-state index contributed by atoms with van der Waals surface area (Å²) < 4.78 is 11.8. The standard InChI is InChI=1S/C23H27BrN4O5/c1-3-5-11-25-22(30)23(31)28-26-14-16-12-18(24)21(19(13-16)32-4-2)33-15-20(29)27-17-9-7-6-8-10-17/h6-10,12-14H,3-5,11,15H2,1-2H3,(H,25,30)(H,27,29)(H,28,31)/b26-14-. The first-order chi connectivity index (χ1) is 15.9. The van der Waals surface area contributed by atoms with E-state index in [9.17, 15) is 14.4 Å². The summed E-state index contributed by atoms with van der Waals surface area (Å²) in [5, 5.41) is 9.07. The smallest absolute Gasteiger partial charge is 0.329 e. The van der Waals surface area contributed by atoms with Crippen molar-refractivity contribution >= 4 is 45.6 Å². The summed E-state index contributed by atoms with van der Waals surface area (Å²) in [5.41, 5.74) is 3.44. The van der Waals surface area contributed by atoms with Crippen LogP contribution in [0.3, 0.4) is 0 Å². The van der Waals surface area contributed by atoms with Crippen LogP contribution in [0.2, 0.25) is 0 Å². The topological polar surface area (TPSA) is 118 Å². The molecule has 3 N–H and O–H groups in total. The minimum absolute atomic E-state index is 0.218. The highest BCUT2D eigenvalue weighted by molar-refractivity contribution is 9.10. The van der Waals surface area contributed by atoms with Gasteiger partial charge in [-0.2, -0.15) is 5.10 Å². The molecule has 0 unspecified atom stereocenters. The van der Waals surface area contributed by atoms with Crippen LogP contribution in [0.4, 0.5) is 5.69 Å². The molecule has 0 bridgehead atoms. The Hall–Kier alpha value is -3.40. The Morgan fingerprint density at radius 1 is 1.06 bits per heavy atom. The van der Waals surface area contributed by atoms with Crippen LogP contribution in [0.5, 0.6) is 11.5 Å². The number of ether oxygens (including phenoxy) is 2. The Bertz CT molecular complexity index is 982. The Balaban J connectivity index is 2.00. The summed E-state index contributed by atoms with van der Waals surface area (Å²) in [6, 6.07) is 12.4. The lowest BCUT2D eigenvalue weighted by Gasteiger charge is -2.14. The number of amides is 3. The van der Waals surface area contributed by atoms with E-state index < -0.39 is 11.8 Å². The van der Waals surface area contributed by atoms with Crippen LogP contribution in [0.1, 0.15) is 32.3 Å². The predicted molar refractivity (Wildman–Crippen MR) is 130 cm³/mol. The average Bonchev–Trinajstić information content (AvgIpc) is 2.79. The maximum absolute atomic E-state index is 12.2. The van der Waals surface area contributed by atoms with Crippen LogP contribution in [0, 0.1) is 0 Å². The van der Waals surface area contributed by atoms with Crippen LogP contribution < -0.4 is 25.5 Å². The molecule has 0 aliphatic carbocycles. The molecule has 0 spiro atoms. The Kier molecular flexibility index (Phi) is 10.9. The van der Waals surface area contributed by atoms with Gasteiger partial charge < -0.3 is 20.1 Å². The minimum Gasteiger partial charge on any atom is -0.490 e. The van der Waals surface area contributed by atoms with E-state index in [2.05, 4.69) is 37.1 Å². The molecular weight excluding hydrogens is 492 g/mol. The van der Waals surface area contributed by atoms with Gasteiger partial charge in [-0.05, 0) is 59.1 Å². The molecular formula is C23H27BrN4O5. The number of carbonyl (C=O) groups is 3. The van der Waals surface area contributed by atoms with E-state index in [0.717, 1.165) is 12.8 Å². The highest BCUT2D eigenvalue weighted by Crippen LogP contribution is 2.36. The summed E-state index contributed by atoms with van der Waals surface area (Å²) in [6.07, 6.45) is 3.07. The van der Waals surface area contributed by atoms with E-state index in [0.29, 0.717) is 40.4 Å². The summed E-state index contributed by atoms with van der Waals surface area (Å²) in [6.45, 7) is 4.39. The van der Waals surface area contributed by atoms with Crippen molar-refractivity contribution in [2.75, 3.05) is 25.1 Å². The number of hydrogen-bond acceptors (Lipinski definition) is 6. The second-order valence-corrected chi connectivity index (χ2v) is 7.63. The van der Waals surface area contributed by atoms with Crippen molar-refractivity contribution in [3.63, 3.8) is 0 Å². The first kappa shape index (κ1) is 25.9. The van der Waals surface area contributed by atoms with Gasteiger partial charge in [0.05, 0.1) is 17.3 Å². The third-order valence-corrected chi connectivity index (χ3v) is 4.73. The van der Waals surface area contributed by atoms with Gasteiger partial charge in [0.15, 0.2) is 18.1 Å². The van der Waals surface area contributed by atoms with Gasteiger partial charge in [-0.15, -0.1) is 0 Å². The van der Waals surface area contributed by atoms with Gasteiger partial charge in [0, 0.05) is 12.2 Å². The fraction of sp³-hybridized carbons (Fsp3) is 0.304. The van der Waals surface area contributed by atoms with Crippen LogP contribution in [0.15, 0.2) is 52.0 Å². The van der Waals surface area contributed by atoms with Crippen LogP contribution in [-0.2, 0) is 14.4 Å². The van der Waals surface area contributed by atoms with Crippen molar-refractivity contribution in [2.24, 2.45) is 5.10 Å². The van der Waals surface area contributed by atoms with Crippen molar-refractivity contribution < 1.29 is 23.9 Å². The zero-order valence-corrected chi connectivity index (χ0v) is 20.1. The number of hydrazone groups is 1. The first-order valence-electron chi connectivity index (χ1n) is 10.5. The maximum atomic E-state index is 12.2. The summed E-state index contributed by atoms with van der Waals surface area (Å²) in [5.74, 6) is -1.16. The van der Waals surface area contributed by atoms with E-state index in [1.807, 2.05) is 32.0 Å². The molecule has 0 atom stereocenters. The molecule has 0 aliphatic heterocycles. The van der Waals surface area contributed by atoms with E-state index >= 15 is 0 Å². The maximum Gasteiger partial charge on any atom is 0.329 e. The average molecular weight is 519 g/mol. The number of hydrogen-bond donors (Lipinski definition) is 3. The van der Waals surface area contributed by atoms with E-state index in [-0.39, 0.29) is 12.5 Å². The third kappa shape index (κ3) is 8.93. The molecule has 33 heavy (non-hydrogen) atoms. The number of halogens is 1. The van der Waals surface area contributed by atoms with E-state index in [1.165, 1.54) is 6.21 Å². The molecule has 176 valence electrons. The normalized spacial score (nSPS) is 10.5. The minimum atomic E-state index is -0.851. The molecule has 9 nitrogen and oxygen atoms in total. The Morgan fingerprint density at radius 2 is 1.82 bits per heavy atom. The Labute approximate surface area is 201 Å². The quantitative estimate of drug-likeness (QED) is 0.182. The molecule has 0 saturated heterocycles.